The molecule has 0 aromatic heterocycles. The number of halogens is 3. The number of para-hydroxylation sites is 1. The van der Waals surface area contributed by atoms with Gasteiger partial charge in [0.1, 0.15) is 17.3 Å². The van der Waals surface area contributed by atoms with E-state index in [0.29, 0.717) is 12.2 Å². The highest BCUT2D eigenvalue weighted by Gasteiger charge is 2.23. The molecule has 2 rings (SSSR count). The van der Waals surface area contributed by atoms with Gasteiger partial charge in [0.05, 0.1) is 12.6 Å². The lowest BCUT2D eigenvalue weighted by Crippen LogP contribution is -2.45. The van der Waals surface area contributed by atoms with Crippen molar-refractivity contribution in [1.29, 1.82) is 0 Å². The molecule has 2 aromatic carbocycles. The van der Waals surface area contributed by atoms with E-state index in [1.165, 1.54) is 6.07 Å². The van der Waals surface area contributed by atoms with Crippen LogP contribution < -0.4 is 10.6 Å². The molecule has 0 aliphatic carbocycles. The van der Waals surface area contributed by atoms with E-state index in [4.69, 9.17) is 0 Å². The van der Waals surface area contributed by atoms with Crippen molar-refractivity contribution < 1.29 is 18.4 Å². The molecule has 0 bridgehead atoms. The van der Waals surface area contributed by atoms with Gasteiger partial charge >= 0.3 is 0 Å². The Hall–Kier alpha value is -2.32. The van der Waals surface area contributed by atoms with Crippen LogP contribution in [0, 0.1) is 11.6 Å². The fourth-order valence-corrected chi connectivity index (χ4v) is 2.88. The standard InChI is InChI=1S/C19H20BrF2N3O2/c1-3-25(11-17(26)24-18-15(21)8-5-9-16(18)22)12(2)19(27)23-14-7-4-6-13(20)10-14/h4-10,12H,3,11H2,1-2H3,(H,23,27)(H,24,26). The third-order valence-electron chi connectivity index (χ3n) is 4.00. The van der Waals surface area contributed by atoms with E-state index < -0.39 is 29.3 Å². The fraction of sp³-hybridized carbons (Fsp3) is 0.263. The van der Waals surface area contributed by atoms with E-state index in [1.54, 1.807) is 36.9 Å². The lowest BCUT2D eigenvalue weighted by atomic mass is 10.2. The summed E-state index contributed by atoms with van der Waals surface area (Å²) >= 11 is 3.33. The first-order valence-corrected chi connectivity index (χ1v) is 9.15. The van der Waals surface area contributed by atoms with Crippen molar-refractivity contribution in [3.63, 3.8) is 0 Å². The number of carbonyl (C=O) groups excluding carboxylic acids is 2. The average Bonchev–Trinajstić information content (AvgIpc) is 2.62. The predicted octanol–water partition coefficient (Wildman–Crippen LogP) is 4.01. The number of amides is 2. The number of nitrogens with zero attached hydrogens (tertiary/aromatic N) is 1. The van der Waals surface area contributed by atoms with Gasteiger partial charge in [-0.15, -0.1) is 0 Å². The molecule has 0 saturated heterocycles. The molecule has 0 aliphatic rings. The van der Waals surface area contributed by atoms with Crippen molar-refractivity contribution in [2.24, 2.45) is 0 Å². The predicted molar refractivity (Wildman–Crippen MR) is 104 cm³/mol. The van der Waals surface area contributed by atoms with Gasteiger partial charge in [-0.1, -0.05) is 35.0 Å². The minimum Gasteiger partial charge on any atom is -0.325 e. The van der Waals surface area contributed by atoms with Crippen LogP contribution in [0.15, 0.2) is 46.9 Å². The van der Waals surface area contributed by atoms with Crippen LogP contribution in [0.5, 0.6) is 0 Å². The molecule has 2 N–H and O–H groups in total. The third-order valence-corrected chi connectivity index (χ3v) is 4.49. The number of rotatable bonds is 7. The molecule has 2 aromatic rings. The first kappa shape index (κ1) is 21.0. The van der Waals surface area contributed by atoms with Crippen LogP contribution >= 0.6 is 15.9 Å². The summed E-state index contributed by atoms with van der Waals surface area (Å²) in [7, 11) is 0. The van der Waals surface area contributed by atoms with Gasteiger partial charge in [-0.3, -0.25) is 14.5 Å². The Balaban J connectivity index is 2.00. The molecule has 0 radical (unpaired) electrons. The first-order valence-electron chi connectivity index (χ1n) is 8.36. The van der Waals surface area contributed by atoms with Crippen molar-refractivity contribution in [2.45, 2.75) is 19.9 Å². The minimum atomic E-state index is -0.855. The largest absolute Gasteiger partial charge is 0.325 e. The van der Waals surface area contributed by atoms with Crippen LogP contribution in [0.2, 0.25) is 0 Å². The zero-order valence-electron chi connectivity index (χ0n) is 14.9. The van der Waals surface area contributed by atoms with E-state index in [1.807, 2.05) is 6.07 Å². The minimum absolute atomic E-state index is 0.183. The summed E-state index contributed by atoms with van der Waals surface area (Å²) in [5, 5.41) is 5.00. The molecule has 8 heteroatoms. The fourth-order valence-electron chi connectivity index (χ4n) is 2.48. The summed E-state index contributed by atoms with van der Waals surface area (Å²) in [6.07, 6.45) is 0. The molecule has 0 heterocycles. The van der Waals surface area contributed by atoms with Crippen LogP contribution in [0.3, 0.4) is 0 Å². The van der Waals surface area contributed by atoms with E-state index in [0.717, 1.165) is 16.6 Å². The number of benzene rings is 2. The highest BCUT2D eigenvalue weighted by Crippen LogP contribution is 2.18. The molecular weight excluding hydrogens is 420 g/mol. The highest BCUT2D eigenvalue weighted by atomic mass is 79.9. The number of hydrogen-bond acceptors (Lipinski definition) is 3. The molecule has 5 nitrogen and oxygen atoms in total. The Morgan fingerprint density at radius 1 is 1.11 bits per heavy atom. The Kier molecular flexibility index (Phi) is 7.44. The smallest absolute Gasteiger partial charge is 0.241 e. The van der Waals surface area contributed by atoms with Crippen LogP contribution in [0.4, 0.5) is 20.2 Å². The topological polar surface area (TPSA) is 61.4 Å². The number of nitrogens with one attached hydrogen (secondary N) is 2. The van der Waals surface area contributed by atoms with E-state index >= 15 is 0 Å². The highest BCUT2D eigenvalue weighted by molar-refractivity contribution is 9.10. The van der Waals surface area contributed by atoms with Gasteiger partial charge in [-0.25, -0.2) is 8.78 Å². The summed E-state index contributed by atoms with van der Waals surface area (Å²) in [6, 6.07) is 9.85. The summed E-state index contributed by atoms with van der Waals surface area (Å²) in [5.41, 5.74) is 0.125. The second kappa shape index (κ2) is 9.57. The number of hydrogen-bond donors (Lipinski definition) is 2. The Bertz CT molecular complexity index is 812. The summed E-state index contributed by atoms with van der Waals surface area (Å²) in [5.74, 6) is -2.61. The second-order valence-corrected chi connectivity index (χ2v) is 6.80. The summed E-state index contributed by atoms with van der Waals surface area (Å²) < 4.78 is 28.1. The lowest BCUT2D eigenvalue weighted by Gasteiger charge is -2.26. The van der Waals surface area contributed by atoms with Crippen molar-refractivity contribution in [1.82, 2.24) is 4.90 Å². The van der Waals surface area contributed by atoms with Gasteiger partial charge < -0.3 is 10.6 Å². The molecule has 2 amide bonds. The van der Waals surface area contributed by atoms with Gasteiger partial charge in [-0.2, -0.15) is 0 Å². The second-order valence-electron chi connectivity index (χ2n) is 5.88. The molecule has 0 saturated carbocycles. The Morgan fingerprint density at radius 2 is 1.74 bits per heavy atom. The summed E-state index contributed by atoms with van der Waals surface area (Å²) in [6.45, 7) is 3.67. The van der Waals surface area contributed by atoms with Gasteiger partial charge in [0, 0.05) is 10.2 Å². The molecule has 0 spiro atoms. The van der Waals surface area contributed by atoms with E-state index in [2.05, 4.69) is 26.6 Å². The van der Waals surface area contributed by atoms with E-state index in [9.17, 15) is 18.4 Å². The quantitative estimate of drug-likeness (QED) is 0.684. The maximum absolute atomic E-state index is 13.7. The molecule has 144 valence electrons. The maximum atomic E-state index is 13.7. The lowest BCUT2D eigenvalue weighted by molar-refractivity contribution is -0.123. The average molecular weight is 440 g/mol. The summed E-state index contributed by atoms with van der Waals surface area (Å²) in [4.78, 5) is 26.2. The molecule has 1 atom stereocenters. The van der Waals surface area contributed by atoms with Gasteiger partial charge in [0.15, 0.2) is 0 Å². The Labute approximate surface area is 164 Å². The monoisotopic (exact) mass is 439 g/mol. The van der Waals surface area contributed by atoms with Crippen molar-refractivity contribution in [2.75, 3.05) is 23.7 Å². The molecule has 1 unspecified atom stereocenters. The van der Waals surface area contributed by atoms with Gasteiger partial charge in [0.25, 0.3) is 0 Å². The molecule has 0 fully saturated rings. The molecule has 0 aliphatic heterocycles. The van der Waals surface area contributed by atoms with Crippen LogP contribution in [0.1, 0.15) is 13.8 Å². The SMILES string of the molecule is CCN(CC(=O)Nc1c(F)cccc1F)C(C)C(=O)Nc1cccc(Br)c1. The van der Waals surface area contributed by atoms with Crippen LogP contribution in [-0.2, 0) is 9.59 Å². The maximum Gasteiger partial charge on any atom is 0.241 e. The molecular formula is C19H20BrF2N3O2. The zero-order valence-corrected chi connectivity index (χ0v) is 16.5. The van der Waals surface area contributed by atoms with Crippen LogP contribution in [0.25, 0.3) is 0 Å². The van der Waals surface area contributed by atoms with Crippen molar-refractivity contribution >= 4 is 39.1 Å². The number of anilines is 2. The van der Waals surface area contributed by atoms with E-state index in [-0.39, 0.29) is 12.5 Å². The van der Waals surface area contributed by atoms with Gasteiger partial charge in [0.2, 0.25) is 11.8 Å². The first-order chi connectivity index (χ1) is 12.8. The Morgan fingerprint density at radius 3 is 2.33 bits per heavy atom. The third kappa shape index (κ3) is 5.83. The molecule has 27 heavy (non-hydrogen) atoms. The normalized spacial score (nSPS) is 11.9. The van der Waals surface area contributed by atoms with Crippen LogP contribution in [-0.4, -0.2) is 35.8 Å². The van der Waals surface area contributed by atoms with Crippen molar-refractivity contribution in [3.8, 4) is 0 Å². The van der Waals surface area contributed by atoms with Crippen molar-refractivity contribution in [3.05, 3.63) is 58.6 Å². The zero-order chi connectivity index (χ0) is 20.0. The number of likely N-dealkylation sites (N-methyl/N-ethyl adjacent to an activating group) is 1. The number of carbonyl (C=O) groups is 2. The van der Waals surface area contributed by atoms with Gasteiger partial charge in [-0.05, 0) is 43.8 Å².